The van der Waals surface area contributed by atoms with Gasteiger partial charge in [0.05, 0.1) is 5.76 Å². The van der Waals surface area contributed by atoms with Crippen LogP contribution >= 0.6 is 0 Å². The number of alkyl halides is 13. The van der Waals surface area contributed by atoms with Gasteiger partial charge in [0.15, 0.2) is 0 Å². The van der Waals surface area contributed by atoms with Gasteiger partial charge in [0.25, 0.3) is 0 Å². The van der Waals surface area contributed by atoms with Crippen LogP contribution in [0, 0.1) is 0 Å². The first kappa shape index (κ1) is 26.9. The van der Waals surface area contributed by atoms with Crippen molar-refractivity contribution in [3.05, 3.63) is 11.3 Å². The smallest absolute Gasteiger partial charge is 0.460 e. The molecule has 0 atom stereocenters. The van der Waals surface area contributed by atoms with Gasteiger partial charge in [-0.1, -0.05) is 0 Å². The highest BCUT2D eigenvalue weighted by Crippen LogP contribution is 2.62. The first-order chi connectivity index (χ1) is 13.0. The third-order valence-electron chi connectivity index (χ3n) is 4.16. The Bertz CT molecular complexity index is 673. The fourth-order valence-corrected chi connectivity index (χ4v) is 3.62. The van der Waals surface area contributed by atoms with E-state index in [4.69, 9.17) is 4.43 Å². The molecule has 0 saturated carbocycles. The highest BCUT2D eigenvalue weighted by Gasteiger charge is 2.91. The van der Waals surface area contributed by atoms with Crippen molar-refractivity contribution in [1.29, 1.82) is 0 Å². The van der Waals surface area contributed by atoms with Crippen molar-refractivity contribution >= 4 is 8.32 Å². The van der Waals surface area contributed by atoms with E-state index >= 15 is 0 Å². The van der Waals surface area contributed by atoms with Crippen molar-refractivity contribution in [2.45, 2.75) is 81.1 Å². The van der Waals surface area contributed by atoms with Crippen LogP contribution in [-0.2, 0) is 4.43 Å². The maximum Gasteiger partial charge on any atom is 0.460 e. The molecule has 1 aliphatic rings. The van der Waals surface area contributed by atoms with Gasteiger partial charge in [0, 0.05) is 12.0 Å². The molecule has 0 heterocycles. The third-order valence-corrected chi connectivity index (χ3v) is 5.02. The number of hydrogen-bond donors (Lipinski definition) is 0. The predicted molar refractivity (Wildman–Crippen MR) is 80.7 cm³/mol. The molecular weight excluding hydrogens is 471 g/mol. The summed E-state index contributed by atoms with van der Waals surface area (Å²) in [6.07, 6.45) is -9.09. The summed E-state index contributed by atoms with van der Waals surface area (Å²) in [5.41, 5.74) is -1.83. The minimum atomic E-state index is -7.89. The van der Waals surface area contributed by atoms with Crippen molar-refractivity contribution < 1.29 is 61.5 Å². The lowest BCUT2D eigenvalue weighted by Crippen LogP contribution is -2.70. The van der Waals surface area contributed by atoms with Crippen LogP contribution in [-0.4, -0.2) is 44.1 Å². The molecule has 30 heavy (non-hydrogen) atoms. The predicted octanol–water partition coefficient (Wildman–Crippen LogP) is 7.40. The van der Waals surface area contributed by atoms with Crippen LogP contribution < -0.4 is 0 Å². The molecule has 0 aliphatic heterocycles. The van der Waals surface area contributed by atoms with Crippen LogP contribution in [0.5, 0.6) is 0 Å². The monoisotopic (exact) mass is 488 g/mol. The van der Waals surface area contributed by atoms with Gasteiger partial charge in [0.2, 0.25) is 8.32 Å². The molecule has 0 aromatic heterocycles. The van der Waals surface area contributed by atoms with E-state index < -0.39 is 68.3 Å². The first-order valence-corrected chi connectivity index (χ1v) is 11.7. The molecule has 0 unspecified atom stereocenters. The van der Waals surface area contributed by atoms with Gasteiger partial charge in [-0.15, -0.1) is 0 Å². The quantitative estimate of drug-likeness (QED) is 0.268. The second kappa shape index (κ2) is 7.47. The van der Waals surface area contributed by atoms with Crippen molar-refractivity contribution in [3.8, 4) is 0 Å². The number of halogens is 13. The van der Waals surface area contributed by atoms with Crippen LogP contribution in [0.2, 0.25) is 19.6 Å². The third kappa shape index (κ3) is 4.14. The van der Waals surface area contributed by atoms with Gasteiger partial charge < -0.3 is 4.43 Å². The molecule has 0 N–H and O–H groups in total. The molecule has 0 saturated heterocycles. The lowest BCUT2D eigenvalue weighted by Gasteiger charge is -2.41. The Kier molecular flexibility index (Phi) is 6.69. The zero-order chi connectivity index (χ0) is 24.2. The van der Waals surface area contributed by atoms with Gasteiger partial charge in [0.1, 0.15) is 0 Å². The van der Waals surface area contributed by atoms with Crippen molar-refractivity contribution in [2.24, 2.45) is 0 Å². The second-order valence-corrected chi connectivity index (χ2v) is 12.1. The van der Waals surface area contributed by atoms with E-state index in [-0.39, 0.29) is 12.8 Å². The Labute approximate surface area is 163 Å². The van der Waals surface area contributed by atoms with E-state index in [9.17, 15) is 57.1 Å². The standard InChI is InChI=1S/C15H17F13OSi/c1-30(2,3)29-9-7-5-4-6-8(9)10(16,17)11(18,19)12(20,21)13(22,23)14(24,25)15(26,27)28/h4-7H2,1-3H3. The SMILES string of the molecule is C[Si](C)(C)OC1=C(C(F)(F)C(F)(F)C(F)(F)C(F)(F)C(F)(F)C(F)(F)F)CCCC1. The fourth-order valence-electron chi connectivity index (χ4n) is 2.65. The van der Waals surface area contributed by atoms with Gasteiger partial charge in [-0.3, -0.25) is 0 Å². The Morgan fingerprint density at radius 3 is 1.40 bits per heavy atom. The maximum absolute atomic E-state index is 14.4. The average molecular weight is 488 g/mol. The summed E-state index contributed by atoms with van der Waals surface area (Å²) in [7, 11) is -2.80. The summed E-state index contributed by atoms with van der Waals surface area (Å²) in [5.74, 6) is -37.8. The normalized spacial score (nSPS) is 18.7. The van der Waals surface area contributed by atoms with Crippen LogP contribution in [0.15, 0.2) is 11.3 Å². The van der Waals surface area contributed by atoms with Gasteiger partial charge in [-0.25, -0.2) is 0 Å². The molecule has 1 rings (SSSR count). The molecule has 0 radical (unpaired) electrons. The molecule has 0 fully saturated rings. The lowest BCUT2D eigenvalue weighted by atomic mass is 9.85. The molecular formula is C15H17F13OSi. The van der Waals surface area contributed by atoms with Crippen LogP contribution in [0.1, 0.15) is 25.7 Å². The zero-order valence-corrected chi connectivity index (χ0v) is 16.7. The number of rotatable bonds is 7. The second-order valence-electron chi connectivity index (χ2n) is 7.69. The zero-order valence-electron chi connectivity index (χ0n) is 15.7. The first-order valence-electron chi connectivity index (χ1n) is 8.32. The number of hydrogen-bond acceptors (Lipinski definition) is 1. The van der Waals surface area contributed by atoms with Gasteiger partial charge >= 0.3 is 35.8 Å². The lowest BCUT2D eigenvalue weighted by molar-refractivity contribution is -0.437. The molecule has 1 nitrogen and oxygen atoms in total. The maximum atomic E-state index is 14.4. The summed E-state index contributed by atoms with van der Waals surface area (Å²) in [6.45, 7) is 4.19. The Hall–Kier alpha value is -1.15. The molecule has 178 valence electrons. The highest BCUT2D eigenvalue weighted by atomic mass is 28.4. The molecule has 0 aromatic carbocycles. The van der Waals surface area contributed by atoms with E-state index in [2.05, 4.69) is 0 Å². The molecule has 0 amide bonds. The summed E-state index contributed by atoms with van der Waals surface area (Å²) in [4.78, 5) is 0. The van der Waals surface area contributed by atoms with Crippen molar-refractivity contribution in [2.75, 3.05) is 0 Å². The topological polar surface area (TPSA) is 9.23 Å². The van der Waals surface area contributed by atoms with Crippen molar-refractivity contribution in [1.82, 2.24) is 0 Å². The minimum absolute atomic E-state index is 0.0870. The molecule has 0 bridgehead atoms. The summed E-state index contributed by atoms with van der Waals surface area (Å²) in [6, 6.07) is 0. The largest absolute Gasteiger partial charge is 0.547 e. The van der Waals surface area contributed by atoms with E-state index in [1.807, 2.05) is 0 Å². The van der Waals surface area contributed by atoms with E-state index in [1.165, 1.54) is 19.6 Å². The molecule has 0 spiro atoms. The van der Waals surface area contributed by atoms with Crippen molar-refractivity contribution in [3.63, 3.8) is 0 Å². The Morgan fingerprint density at radius 1 is 0.600 bits per heavy atom. The van der Waals surface area contributed by atoms with E-state index in [0.29, 0.717) is 0 Å². The summed E-state index contributed by atoms with van der Waals surface area (Å²) < 4.78 is 178. The minimum Gasteiger partial charge on any atom is -0.547 e. The average Bonchev–Trinajstić information content (AvgIpc) is 2.51. The molecule has 1 aliphatic carbocycles. The molecule has 0 aromatic rings. The highest BCUT2D eigenvalue weighted by molar-refractivity contribution is 6.70. The van der Waals surface area contributed by atoms with Crippen LogP contribution in [0.3, 0.4) is 0 Å². The van der Waals surface area contributed by atoms with Gasteiger partial charge in [-0.05, 0) is 38.9 Å². The van der Waals surface area contributed by atoms with E-state index in [0.717, 1.165) is 0 Å². The Morgan fingerprint density at radius 2 is 1.00 bits per heavy atom. The summed E-state index contributed by atoms with van der Waals surface area (Å²) in [5, 5.41) is 0. The van der Waals surface area contributed by atoms with E-state index in [1.54, 1.807) is 0 Å². The van der Waals surface area contributed by atoms with Crippen LogP contribution in [0.25, 0.3) is 0 Å². The fraction of sp³-hybridized carbons (Fsp3) is 0.867. The number of allylic oxidation sites excluding steroid dienone is 2. The van der Waals surface area contributed by atoms with Gasteiger partial charge in [-0.2, -0.15) is 57.1 Å². The summed E-state index contributed by atoms with van der Waals surface area (Å²) >= 11 is 0. The van der Waals surface area contributed by atoms with Crippen LogP contribution in [0.4, 0.5) is 57.1 Å². The Balaban J connectivity index is 3.62. The molecule has 15 heteroatoms.